The van der Waals surface area contributed by atoms with Crippen LogP contribution in [-0.2, 0) is 18.5 Å². The van der Waals surface area contributed by atoms with Gasteiger partial charge in [0.15, 0.2) is 0 Å². The average Bonchev–Trinajstić information content (AvgIpc) is 3.26. The van der Waals surface area contributed by atoms with Crippen molar-refractivity contribution in [1.29, 1.82) is 0 Å². The second-order valence-electron chi connectivity index (χ2n) is 12.4. The molecule has 5 rings (SSSR count). The van der Waals surface area contributed by atoms with Gasteiger partial charge in [-0.1, -0.05) is 56.0 Å². The van der Waals surface area contributed by atoms with Crippen molar-refractivity contribution in [2.75, 3.05) is 32.7 Å². The number of rotatable bonds is 6. The topological polar surface area (TPSA) is 26.8 Å². The molecule has 2 aromatic carbocycles. The van der Waals surface area contributed by atoms with Crippen LogP contribution < -0.4 is 0 Å². The van der Waals surface area contributed by atoms with E-state index in [1.54, 1.807) is 4.90 Å². The van der Waals surface area contributed by atoms with Crippen LogP contribution in [0.15, 0.2) is 48.5 Å². The number of carbonyl (C=O) groups excluding carboxylic acids is 1. The van der Waals surface area contributed by atoms with Crippen LogP contribution in [-0.4, -0.2) is 71.5 Å². The molecular formula is C33H42F5N3O. The van der Waals surface area contributed by atoms with E-state index in [0.29, 0.717) is 44.8 Å². The van der Waals surface area contributed by atoms with E-state index in [9.17, 15) is 26.7 Å². The fourth-order valence-corrected chi connectivity index (χ4v) is 7.13. The van der Waals surface area contributed by atoms with Crippen molar-refractivity contribution in [3.05, 3.63) is 70.8 Å². The number of hydrogen-bond donors (Lipinski definition) is 0. The SMILES string of the molecule is CC(F)(F)c1cc(C(=O)N2CCC(N3CCN(C4CCCCCC4)CC3)CC2Cc2ccccc2)cc(C(F)(F)F)c1. The summed E-state index contributed by atoms with van der Waals surface area (Å²) in [5, 5.41) is 0. The van der Waals surface area contributed by atoms with Gasteiger partial charge >= 0.3 is 6.18 Å². The molecular weight excluding hydrogens is 549 g/mol. The Morgan fingerprint density at radius 3 is 1.95 bits per heavy atom. The lowest BCUT2D eigenvalue weighted by Crippen LogP contribution is -2.57. The summed E-state index contributed by atoms with van der Waals surface area (Å²) in [7, 11) is 0. The maximum absolute atomic E-state index is 14.2. The average molecular weight is 592 g/mol. The smallest absolute Gasteiger partial charge is 0.335 e. The van der Waals surface area contributed by atoms with E-state index in [-0.39, 0.29) is 17.6 Å². The molecule has 0 N–H and O–H groups in total. The molecule has 0 bridgehead atoms. The highest BCUT2D eigenvalue weighted by Gasteiger charge is 2.39. The van der Waals surface area contributed by atoms with Crippen molar-refractivity contribution in [3.63, 3.8) is 0 Å². The van der Waals surface area contributed by atoms with Crippen LogP contribution in [0.3, 0.4) is 0 Å². The molecule has 0 aromatic heterocycles. The minimum absolute atomic E-state index is 0.251. The molecule has 2 unspecified atom stereocenters. The molecule has 230 valence electrons. The number of amides is 1. The maximum Gasteiger partial charge on any atom is 0.416 e. The van der Waals surface area contributed by atoms with Crippen LogP contribution in [0.4, 0.5) is 22.0 Å². The number of alkyl halides is 5. The molecule has 9 heteroatoms. The van der Waals surface area contributed by atoms with Crippen molar-refractivity contribution in [1.82, 2.24) is 14.7 Å². The predicted molar refractivity (Wildman–Crippen MR) is 154 cm³/mol. The largest absolute Gasteiger partial charge is 0.416 e. The molecule has 0 radical (unpaired) electrons. The van der Waals surface area contributed by atoms with E-state index in [1.165, 1.54) is 38.5 Å². The van der Waals surface area contributed by atoms with Crippen LogP contribution in [0.5, 0.6) is 0 Å². The Morgan fingerprint density at radius 2 is 1.36 bits per heavy atom. The summed E-state index contributed by atoms with van der Waals surface area (Å²) < 4.78 is 69.3. The van der Waals surface area contributed by atoms with Gasteiger partial charge in [-0.05, 0) is 55.9 Å². The minimum atomic E-state index is -4.84. The van der Waals surface area contributed by atoms with E-state index in [4.69, 9.17) is 0 Å². The zero-order chi connectivity index (χ0) is 29.9. The van der Waals surface area contributed by atoms with Crippen molar-refractivity contribution in [2.24, 2.45) is 0 Å². The molecule has 2 heterocycles. The van der Waals surface area contributed by atoms with Crippen LogP contribution >= 0.6 is 0 Å². The first-order chi connectivity index (χ1) is 20.0. The van der Waals surface area contributed by atoms with E-state index >= 15 is 0 Å². The zero-order valence-electron chi connectivity index (χ0n) is 24.4. The van der Waals surface area contributed by atoms with Crippen molar-refractivity contribution in [3.8, 4) is 0 Å². The van der Waals surface area contributed by atoms with Crippen LogP contribution in [0.1, 0.15) is 85.3 Å². The summed E-state index contributed by atoms with van der Waals surface area (Å²) >= 11 is 0. The molecule has 2 atom stereocenters. The third-order valence-corrected chi connectivity index (χ3v) is 9.48. The highest BCUT2D eigenvalue weighted by molar-refractivity contribution is 5.95. The molecule has 2 saturated heterocycles. The Bertz CT molecular complexity index is 1150. The molecule has 3 aliphatic rings. The highest BCUT2D eigenvalue weighted by Crippen LogP contribution is 2.36. The number of likely N-dealkylation sites (tertiary alicyclic amines) is 1. The fraction of sp³-hybridized carbons (Fsp3) is 0.606. The van der Waals surface area contributed by atoms with E-state index in [0.717, 1.165) is 43.9 Å². The van der Waals surface area contributed by atoms with E-state index in [1.807, 2.05) is 30.3 Å². The lowest BCUT2D eigenvalue weighted by Gasteiger charge is -2.47. The third-order valence-electron chi connectivity index (χ3n) is 9.48. The molecule has 0 spiro atoms. The standard InChI is InChI=1S/C33H42F5N3O/c1-32(34,35)26-20-25(21-27(22-26)33(36,37)38)31(42)41-14-13-29(23-30(41)19-24-9-5-4-6-10-24)40-17-15-39(16-18-40)28-11-7-2-3-8-12-28/h4-6,9-10,20-22,28-30H,2-3,7-8,11-19,23H2,1H3. The number of hydrogen-bond acceptors (Lipinski definition) is 3. The van der Waals surface area contributed by atoms with E-state index in [2.05, 4.69) is 9.80 Å². The monoisotopic (exact) mass is 591 g/mol. The summed E-state index contributed by atoms with van der Waals surface area (Å²) in [4.78, 5) is 20.6. The summed E-state index contributed by atoms with van der Waals surface area (Å²) in [6, 6.07) is 12.5. The number of nitrogens with zero attached hydrogens (tertiary/aromatic N) is 3. The lowest BCUT2D eigenvalue weighted by atomic mass is 9.89. The van der Waals surface area contributed by atoms with Gasteiger partial charge in [-0.15, -0.1) is 0 Å². The number of piperidine rings is 1. The van der Waals surface area contributed by atoms with Gasteiger partial charge < -0.3 is 4.90 Å². The van der Waals surface area contributed by atoms with Gasteiger partial charge in [-0.25, -0.2) is 8.78 Å². The molecule has 2 aromatic rings. The second kappa shape index (κ2) is 13.0. The first-order valence-electron chi connectivity index (χ1n) is 15.4. The van der Waals surface area contributed by atoms with E-state index < -0.39 is 29.1 Å². The van der Waals surface area contributed by atoms with Crippen molar-refractivity contribution in [2.45, 2.75) is 94.9 Å². The van der Waals surface area contributed by atoms with Gasteiger partial charge in [0.1, 0.15) is 0 Å². The minimum Gasteiger partial charge on any atom is -0.335 e. The number of benzene rings is 2. The first-order valence-corrected chi connectivity index (χ1v) is 15.4. The molecule has 3 fully saturated rings. The number of halogens is 5. The molecule has 1 aliphatic carbocycles. The molecule has 1 saturated carbocycles. The Labute approximate surface area is 245 Å². The van der Waals surface area contributed by atoms with Crippen LogP contribution in [0.25, 0.3) is 0 Å². The number of piperazine rings is 1. The molecule has 4 nitrogen and oxygen atoms in total. The Morgan fingerprint density at radius 1 is 0.762 bits per heavy atom. The summed E-state index contributed by atoms with van der Waals surface area (Å²) in [5.74, 6) is -4.13. The van der Waals surface area contributed by atoms with Gasteiger partial charge in [0.25, 0.3) is 11.8 Å². The second-order valence-corrected chi connectivity index (χ2v) is 12.4. The summed E-state index contributed by atoms with van der Waals surface area (Å²) in [6.45, 7) is 4.93. The third kappa shape index (κ3) is 7.51. The normalized spacial score (nSPS) is 24.0. The van der Waals surface area contributed by atoms with Crippen molar-refractivity contribution < 1.29 is 26.7 Å². The van der Waals surface area contributed by atoms with Gasteiger partial charge in [0.2, 0.25) is 0 Å². The zero-order valence-corrected chi connectivity index (χ0v) is 24.4. The summed E-state index contributed by atoms with van der Waals surface area (Å²) in [6.07, 6.45) is 4.95. The van der Waals surface area contributed by atoms with Gasteiger partial charge in [-0.2, -0.15) is 13.2 Å². The predicted octanol–water partition coefficient (Wildman–Crippen LogP) is 7.37. The molecule has 42 heavy (non-hydrogen) atoms. The quantitative estimate of drug-likeness (QED) is 0.259. The molecule has 1 amide bonds. The van der Waals surface area contributed by atoms with Gasteiger partial charge in [-0.3, -0.25) is 14.6 Å². The summed E-state index contributed by atoms with van der Waals surface area (Å²) in [5.41, 5.74) is -1.34. The lowest BCUT2D eigenvalue weighted by molar-refractivity contribution is -0.137. The van der Waals surface area contributed by atoms with Crippen LogP contribution in [0, 0.1) is 0 Å². The molecule has 2 aliphatic heterocycles. The Balaban J connectivity index is 1.34. The number of carbonyl (C=O) groups is 1. The van der Waals surface area contributed by atoms with Gasteiger partial charge in [0.05, 0.1) is 5.56 Å². The van der Waals surface area contributed by atoms with Gasteiger partial charge in [0, 0.05) is 68.9 Å². The van der Waals surface area contributed by atoms with Crippen molar-refractivity contribution >= 4 is 5.91 Å². The Kier molecular flexibility index (Phi) is 9.57. The maximum atomic E-state index is 14.2. The first kappa shape index (κ1) is 30.9. The Hall–Kier alpha value is -2.52. The highest BCUT2D eigenvalue weighted by atomic mass is 19.4. The van der Waals surface area contributed by atoms with Crippen LogP contribution in [0.2, 0.25) is 0 Å². The fourth-order valence-electron chi connectivity index (χ4n) is 7.13.